The summed E-state index contributed by atoms with van der Waals surface area (Å²) >= 11 is 0. The lowest BCUT2D eigenvalue weighted by Gasteiger charge is -2.25. The van der Waals surface area contributed by atoms with E-state index in [-0.39, 0.29) is 5.56 Å². The van der Waals surface area contributed by atoms with Gasteiger partial charge in [0, 0.05) is 18.2 Å². The van der Waals surface area contributed by atoms with E-state index in [0.29, 0.717) is 6.54 Å². The van der Waals surface area contributed by atoms with Crippen LogP contribution in [0.25, 0.3) is 0 Å². The van der Waals surface area contributed by atoms with Gasteiger partial charge in [-0.3, -0.25) is 0 Å². The van der Waals surface area contributed by atoms with E-state index in [1.165, 1.54) is 25.3 Å². The maximum atomic E-state index is 13.4. The molecule has 1 atom stereocenters. The Morgan fingerprint density at radius 1 is 1.33 bits per heavy atom. The standard InChI is InChI=1S/C14H19F2NO/c15-11-4-5-12(13(16)8-11)14(18)9-17-7-6-10-2-1-3-10/h4-5,8,10,14,17-18H,1-3,6-7,9H2. The normalized spacial score (nSPS) is 17.5. The van der Waals surface area contributed by atoms with Crippen molar-refractivity contribution in [2.75, 3.05) is 13.1 Å². The second kappa shape index (κ2) is 6.25. The second-order valence-electron chi connectivity index (χ2n) is 4.97. The summed E-state index contributed by atoms with van der Waals surface area (Å²) in [5, 5.41) is 12.9. The Hall–Kier alpha value is -1.00. The van der Waals surface area contributed by atoms with Crippen molar-refractivity contribution in [3.05, 3.63) is 35.4 Å². The van der Waals surface area contributed by atoms with E-state index in [4.69, 9.17) is 0 Å². The lowest BCUT2D eigenvalue weighted by molar-refractivity contribution is 0.168. The van der Waals surface area contributed by atoms with Gasteiger partial charge in [-0.25, -0.2) is 8.78 Å². The van der Waals surface area contributed by atoms with Gasteiger partial charge in [0.1, 0.15) is 11.6 Å². The maximum Gasteiger partial charge on any atom is 0.131 e. The number of halogens is 2. The summed E-state index contributed by atoms with van der Waals surface area (Å²) < 4.78 is 26.1. The average Bonchev–Trinajstić information content (AvgIpc) is 2.26. The maximum absolute atomic E-state index is 13.4. The summed E-state index contributed by atoms with van der Waals surface area (Å²) in [4.78, 5) is 0. The van der Waals surface area contributed by atoms with Crippen LogP contribution in [0.1, 0.15) is 37.4 Å². The zero-order valence-corrected chi connectivity index (χ0v) is 10.3. The molecule has 1 aromatic rings. The first kappa shape index (κ1) is 13.4. The van der Waals surface area contributed by atoms with Crippen molar-refractivity contribution in [2.45, 2.75) is 31.8 Å². The lowest BCUT2D eigenvalue weighted by atomic mass is 9.83. The van der Waals surface area contributed by atoms with E-state index in [0.717, 1.165) is 31.0 Å². The van der Waals surface area contributed by atoms with Crippen molar-refractivity contribution in [1.82, 2.24) is 5.32 Å². The Labute approximate surface area is 106 Å². The van der Waals surface area contributed by atoms with Crippen LogP contribution in [-0.4, -0.2) is 18.2 Å². The van der Waals surface area contributed by atoms with Crippen LogP contribution in [0.5, 0.6) is 0 Å². The Bertz CT molecular complexity index is 393. The fourth-order valence-electron chi connectivity index (χ4n) is 2.21. The van der Waals surface area contributed by atoms with E-state index in [2.05, 4.69) is 5.32 Å². The van der Waals surface area contributed by atoms with E-state index in [1.807, 2.05) is 0 Å². The van der Waals surface area contributed by atoms with Gasteiger partial charge in [0.05, 0.1) is 6.10 Å². The Balaban J connectivity index is 1.74. The second-order valence-corrected chi connectivity index (χ2v) is 4.97. The average molecular weight is 255 g/mol. The van der Waals surface area contributed by atoms with Crippen LogP contribution in [0.15, 0.2) is 18.2 Å². The van der Waals surface area contributed by atoms with Gasteiger partial charge in [-0.2, -0.15) is 0 Å². The van der Waals surface area contributed by atoms with Crippen molar-refractivity contribution >= 4 is 0 Å². The Morgan fingerprint density at radius 2 is 2.11 bits per heavy atom. The molecule has 0 spiro atoms. The van der Waals surface area contributed by atoms with Gasteiger partial charge in [0.15, 0.2) is 0 Å². The molecule has 0 heterocycles. The zero-order chi connectivity index (χ0) is 13.0. The van der Waals surface area contributed by atoms with Gasteiger partial charge in [0.2, 0.25) is 0 Å². The minimum Gasteiger partial charge on any atom is -0.387 e. The molecule has 0 saturated heterocycles. The largest absolute Gasteiger partial charge is 0.387 e. The van der Waals surface area contributed by atoms with Gasteiger partial charge >= 0.3 is 0 Å². The van der Waals surface area contributed by atoms with Crippen LogP contribution >= 0.6 is 0 Å². The summed E-state index contributed by atoms with van der Waals surface area (Å²) in [6.07, 6.45) is 4.12. The molecule has 18 heavy (non-hydrogen) atoms. The van der Waals surface area contributed by atoms with Gasteiger partial charge in [-0.1, -0.05) is 25.3 Å². The molecule has 0 aromatic heterocycles. The SMILES string of the molecule is OC(CNCCC1CCC1)c1ccc(F)cc1F. The van der Waals surface area contributed by atoms with Crippen molar-refractivity contribution in [1.29, 1.82) is 0 Å². The van der Waals surface area contributed by atoms with Gasteiger partial charge < -0.3 is 10.4 Å². The molecule has 1 unspecified atom stereocenters. The monoisotopic (exact) mass is 255 g/mol. The molecule has 0 bridgehead atoms. The van der Waals surface area contributed by atoms with E-state index < -0.39 is 17.7 Å². The van der Waals surface area contributed by atoms with Crippen molar-refractivity contribution in [3.8, 4) is 0 Å². The molecule has 1 fully saturated rings. The number of hydrogen-bond donors (Lipinski definition) is 2. The highest BCUT2D eigenvalue weighted by Crippen LogP contribution is 2.28. The summed E-state index contributed by atoms with van der Waals surface area (Å²) in [6, 6.07) is 3.26. The summed E-state index contributed by atoms with van der Waals surface area (Å²) in [6.45, 7) is 1.14. The zero-order valence-electron chi connectivity index (χ0n) is 10.3. The predicted molar refractivity (Wildman–Crippen MR) is 66.1 cm³/mol. The number of benzene rings is 1. The first-order valence-electron chi connectivity index (χ1n) is 6.50. The molecule has 100 valence electrons. The lowest BCUT2D eigenvalue weighted by Crippen LogP contribution is -2.26. The van der Waals surface area contributed by atoms with Crippen LogP contribution in [-0.2, 0) is 0 Å². The predicted octanol–water partition coefficient (Wildman–Crippen LogP) is 2.78. The van der Waals surface area contributed by atoms with E-state index >= 15 is 0 Å². The van der Waals surface area contributed by atoms with Crippen LogP contribution in [0.3, 0.4) is 0 Å². The molecule has 0 aliphatic heterocycles. The summed E-state index contributed by atoms with van der Waals surface area (Å²) in [7, 11) is 0. The molecule has 0 radical (unpaired) electrons. The molecule has 2 N–H and O–H groups in total. The van der Waals surface area contributed by atoms with Crippen LogP contribution in [0, 0.1) is 17.6 Å². The molecule has 2 rings (SSSR count). The molecule has 1 aromatic carbocycles. The van der Waals surface area contributed by atoms with Gasteiger partial charge in [0.25, 0.3) is 0 Å². The van der Waals surface area contributed by atoms with Gasteiger partial charge in [-0.05, 0) is 24.9 Å². The first-order chi connectivity index (χ1) is 8.66. The van der Waals surface area contributed by atoms with Crippen molar-refractivity contribution < 1.29 is 13.9 Å². The topological polar surface area (TPSA) is 32.3 Å². The molecular weight excluding hydrogens is 236 g/mol. The third kappa shape index (κ3) is 3.50. The highest BCUT2D eigenvalue weighted by atomic mass is 19.1. The summed E-state index contributed by atoms with van der Waals surface area (Å²) in [5.41, 5.74) is 0.146. The van der Waals surface area contributed by atoms with E-state index in [1.54, 1.807) is 0 Å². The molecule has 1 aliphatic carbocycles. The summed E-state index contributed by atoms with van der Waals surface area (Å²) in [5.74, 6) is -0.498. The molecular formula is C14H19F2NO. The number of aliphatic hydroxyl groups is 1. The Kier molecular flexibility index (Phi) is 4.66. The highest BCUT2D eigenvalue weighted by Gasteiger charge is 2.17. The number of rotatable bonds is 6. The number of aliphatic hydroxyl groups excluding tert-OH is 1. The van der Waals surface area contributed by atoms with Crippen LogP contribution < -0.4 is 5.32 Å². The third-order valence-electron chi connectivity index (χ3n) is 3.61. The van der Waals surface area contributed by atoms with Crippen LogP contribution in [0.4, 0.5) is 8.78 Å². The minimum absolute atomic E-state index is 0.146. The third-order valence-corrected chi connectivity index (χ3v) is 3.61. The fraction of sp³-hybridized carbons (Fsp3) is 0.571. The Morgan fingerprint density at radius 3 is 2.72 bits per heavy atom. The highest BCUT2D eigenvalue weighted by molar-refractivity contribution is 5.21. The smallest absolute Gasteiger partial charge is 0.131 e. The van der Waals surface area contributed by atoms with Gasteiger partial charge in [-0.15, -0.1) is 0 Å². The molecule has 2 nitrogen and oxygen atoms in total. The van der Waals surface area contributed by atoms with Crippen LogP contribution in [0.2, 0.25) is 0 Å². The first-order valence-corrected chi connectivity index (χ1v) is 6.50. The van der Waals surface area contributed by atoms with Crippen molar-refractivity contribution in [3.63, 3.8) is 0 Å². The fourth-order valence-corrected chi connectivity index (χ4v) is 2.21. The molecule has 1 aliphatic rings. The minimum atomic E-state index is -0.924. The number of nitrogens with one attached hydrogen (secondary N) is 1. The quantitative estimate of drug-likeness (QED) is 0.766. The molecule has 1 saturated carbocycles. The number of hydrogen-bond acceptors (Lipinski definition) is 2. The molecule has 4 heteroatoms. The van der Waals surface area contributed by atoms with E-state index in [9.17, 15) is 13.9 Å². The molecule has 0 amide bonds. The van der Waals surface area contributed by atoms with Crippen molar-refractivity contribution in [2.24, 2.45) is 5.92 Å².